The molecule has 2 heteroatoms. The van der Waals surface area contributed by atoms with E-state index in [1.165, 1.54) is 4.90 Å². The van der Waals surface area contributed by atoms with Gasteiger partial charge >= 0.3 is 0 Å². The number of nitrogen functional groups attached to an aromatic ring is 1. The van der Waals surface area contributed by atoms with Crippen LogP contribution >= 0.6 is 11.8 Å². The molecule has 1 nitrogen and oxygen atoms in total. The molecule has 0 unspecified atom stereocenters. The first-order valence-corrected chi connectivity index (χ1v) is 4.59. The molecule has 0 saturated heterocycles. The van der Waals surface area contributed by atoms with E-state index in [1.807, 2.05) is 18.2 Å². The molecule has 0 aliphatic carbocycles. The molecule has 0 aliphatic heterocycles. The van der Waals surface area contributed by atoms with Crippen LogP contribution < -0.4 is 5.73 Å². The summed E-state index contributed by atoms with van der Waals surface area (Å²) < 4.78 is 0. The minimum absolute atomic E-state index is 0.597. The molecule has 1 aromatic rings. The maximum atomic E-state index is 5.75. The van der Waals surface area contributed by atoms with Gasteiger partial charge in [0.1, 0.15) is 0 Å². The van der Waals surface area contributed by atoms with Crippen LogP contribution in [0, 0.1) is 0 Å². The van der Waals surface area contributed by atoms with E-state index in [0.29, 0.717) is 5.25 Å². The third kappa shape index (κ3) is 2.46. The number of benzene rings is 1. The Bertz CT molecular complexity index is 233. The van der Waals surface area contributed by atoms with Crippen LogP contribution in [0.25, 0.3) is 0 Å². The highest BCUT2D eigenvalue weighted by atomic mass is 32.2. The van der Waals surface area contributed by atoms with E-state index in [-0.39, 0.29) is 0 Å². The average molecular weight is 167 g/mol. The fraction of sp³-hybridized carbons (Fsp3) is 0.333. The quantitative estimate of drug-likeness (QED) is 0.541. The Morgan fingerprint density at radius 1 is 1.27 bits per heavy atom. The number of anilines is 1. The van der Waals surface area contributed by atoms with Crippen molar-refractivity contribution >= 4 is 17.4 Å². The summed E-state index contributed by atoms with van der Waals surface area (Å²) >= 11 is 1.80. The molecule has 0 radical (unpaired) electrons. The molecule has 0 aliphatic rings. The molecule has 0 spiro atoms. The molecular weight excluding hydrogens is 154 g/mol. The third-order valence-electron chi connectivity index (χ3n) is 1.28. The van der Waals surface area contributed by atoms with E-state index in [9.17, 15) is 0 Å². The number of rotatable bonds is 2. The third-order valence-corrected chi connectivity index (χ3v) is 2.38. The maximum absolute atomic E-state index is 5.75. The minimum atomic E-state index is 0.597. The van der Waals surface area contributed by atoms with Crippen molar-refractivity contribution in [3.05, 3.63) is 24.3 Å². The van der Waals surface area contributed by atoms with E-state index in [1.54, 1.807) is 11.8 Å². The Labute approximate surface area is 72.0 Å². The summed E-state index contributed by atoms with van der Waals surface area (Å²) in [6.45, 7) is 4.33. The molecule has 0 amide bonds. The molecule has 11 heavy (non-hydrogen) atoms. The Morgan fingerprint density at radius 2 is 1.91 bits per heavy atom. The number of hydrogen-bond acceptors (Lipinski definition) is 2. The van der Waals surface area contributed by atoms with Crippen molar-refractivity contribution in [2.75, 3.05) is 5.73 Å². The van der Waals surface area contributed by atoms with Gasteiger partial charge in [-0.25, -0.2) is 0 Å². The van der Waals surface area contributed by atoms with Crippen LogP contribution in [0.5, 0.6) is 0 Å². The number of nitrogens with two attached hydrogens (primary N) is 1. The number of para-hydroxylation sites is 1. The topological polar surface area (TPSA) is 26.0 Å². The molecule has 1 rings (SSSR count). The van der Waals surface area contributed by atoms with E-state index < -0.39 is 0 Å². The van der Waals surface area contributed by atoms with E-state index >= 15 is 0 Å². The van der Waals surface area contributed by atoms with Gasteiger partial charge in [0.2, 0.25) is 0 Å². The van der Waals surface area contributed by atoms with Gasteiger partial charge in [-0.3, -0.25) is 0 Å². The van der Waals surface area contributed by atoms with Crippen LogP contribution in [-0.2, 0) is 0 Å². The first-order chi connectivity index (χ1) is 5.20. The largest absolute Gasteiger partial charge is 0.398 e. The first kappa shape index (κ1) is 8.47. The smallest absolute Gasteiger partial charge is 0.0452 e. The summed E-state index contributed by atoms with van der Waals surface area (Å²) in [6, 6.07) is 7.96. The average Bonchev–Trinajstić information content (AvgIpc) is 1.93. The minimum Gasteiger partial charge on any atom is -0.398 e. The predicted octanol–water partition coefficient (Wildman–Crippen LogP) is 2.77. The second-order valence-electron chi connectivity index (χ2n) is 2.70. The normalized spacial score (nSPS) is 10.5. The van der Waals surface area contributed by atoms with E-state index in [4.69, 9.17) is 5.73 Å². The summed E-state index contributed by atoms with van der Waals surface area (Å²) in [5, 5.41) is 0.597. The van der Waals surface area contributed by atoms with Gasteiger partial charge in [-0.05, 0) is 12.1 Å². The monoisotopic (exact) mass is 167 g/mol. The molecule has 0 bridgehead atoms. The molecule has 2 N–H and O–H groups in total. The van der Waals surface area contributed by atoms with Gasteiger partial charge in [0.05, 0.1) is 0 Å². The van der Waals surface area contributed by atoms with Crippen molar-refractivity contribution in [3.63, 3.8) is 0 Å². The molecule has 0 atom stereocenters. The highest BCUT2D eigenvalue weighted by Crippen LogP contribution is 2.27. The molecule has 0 saturated carbocycles. The zero-order valence-electron chi connectivity index (χ0n) is 6.87. The highest BCUT2D eigenvalue weighted by molar-refractivity contribution is 8.00. The zero-order chi connectivity index (χ0) is 8.27. The van der Waals surface area contributed by atoms with Crippen LogP contribution in [0.15, 0.2) is 29.2 Å². The molecule has 0 aromatic heterocycles. The summed E-state index contributed by atoms with van der Waals surface area (Å²) in [5.74, 6) is 0. The second-order valence-corrected chi connectivity index (χ2v) is 4.32. The van der Waals surface area contributed by atoms with E-state index in [2.05, 4.69) is 19.9 Å². The van der Waals surface area contributed by atoms with Crippen molar-refractivity contribution < 1.29 is 0 Å². The SMILES string of the molecule is CC(C)Sc1ccccc1N. The van der Waals surface area contributed by atoms with Gasteiger partial charge in [0.25, 0.3) is 0 Å². The van der Waals surface area contributed by atoms with Gasteiger partial charge in [0.15, 0.2) is 0 Å². The van der Waals surface area contributed by atoms with Crippen molar-refractivity contribution in [2.45, 2.75) is 24.0 Å². The molecule has 60 valence electrons. The summed E-state index contributed by atoms with van der Waals surface area (Å²) in [6.07, 6.45) is 0. The molecule has 0 fully saturated rings. The molecule has 1 aromatic carbocycles. The second kappa shape index (κ2) is 3.67. The van der Waals surface area contributed by atoms with Crippen molar-refractivity contribution in [1.29, 1.82) is 0 Å². The van der Waals surface area contributed by atoms with Gasteiger partial charge in [-0.15, -0.1) is 11.8 Å². The van der Waals surface area contributed by atoms with Crippen LogP contribution in [0.1, 0.15) is 13.8 Å². The van der Waals surface area contributed by atoms with Gasteiger partial charge in [-0.1, -0.05) is 26.0 Å². The Kier molecular flexibility index (Phi) is 2.83. The van der Waals surface area contributed by atoms with Crippen LogP contribution in [0.3, 0.4) is 0 Å². The lowest BCUT2D eigenvalue weighted by Gasteiger charge is -2.06. The van der Waals surface area contributed by atoms with Gasteiger partial charge < -0.3 is 5.73 Å². The van der Waals surface area contributed by atoms with Crippen molar-refractivity contribution in [1.82, 2.24) is 0 Å². The summed E-state index contributed by atoms with van der Waals surface area (Å²) in [7, 11) is 0. The molecular formula is C9H13NS. The first-order valence-electron chi connectivity index (χ1n) is 3.71. The van der Waals surface area contributed by atoms with Crippen LogP contribution in [0.4, 0.5) is 5.69 Å². The van der Waals surface area contributed by atoms with Crippen molar-refractivity contribution in [2.24, 2.45) is 0 Å². The van der Waals surface area contributed by atoms with Gasteiger partial charge in [0, 0.05) is 15.8 Å². The van der Waals surface area contributed by atoms with Crippen molar-refractivity contribution in [3.8, 4) is 0 Å². The Hall–Kier alpha value is -0.630. The standard InChI is InChI=1S/C9H13NS/c1-7(2)11-9-6-4-3-5-8(9)10/h3-7H,10H2,1-2H3. The summed E-state index contributed by atoms with van der Waals surface area (Å²) in [4.78, 5) is 1.18. The lowest BCUT2D eigenvalue weighted by molar-refractivity contribution is 1.11. The summed E-state index contributed by atoms with van der Waals surface area (Å²) in [5.41, 5.74) is 6.63. The molecule has 0 heterocycles. The van der Waals surface area contributed by atoms with Gasteiger partial charge in [-0.2, -0.15) is 0 Å². The maximum Gasteiger partial charge on any atom is 0.0452 e. The highest BCUT2D eigenvalue weighted by Gasteiger charge is 2.00. The number of hydrogen-bond donors (Lipinski definition) is 1. The Balaban J connectivity index is 2.78. The van der Waals surface area contributed by atoms with E-state index in [0.717, 1.165) is 5.69 Å². The lowest BCUT2D eigenvalue weighted by atomic mass is 10.3. The van der Waals surface area contributed by atoms with Crippen LogP contribution in [0.2, 0.25) is 0 Å². The zero-order valence-corrected chi connectivity index (χ0v) is 7.69. The van der Waals surface area contributed by atoms with Crippen LogP contribution in [-0.4, -0.2) is 5.25 Å². The Morgan fingerprint density at radius 3 is 2.45 bits per heavy atom. The fourth-order valence-electron chi connectivity index (χ4n) is 0.842. The number of thioether (sulfide) groups is 1. The lowest BCUT2D eigenvalue weighted by Crippen LogP contribution is -1.91. The fourth-order valence-corrected chi connectivity index (χ4v) is 1.71. The predicted molar refractivity (Wildman–Crippen MR) is 51.8 cm³/mol.